The molecule has 0 aliphatic heterocycles. The van der Waals surface area contributed by atoms with Crippen molar-refractivity contribution in [2.75, 3.05) is 5.73 Å². The highest BCUT2D eigenvalue weighted by molar-refractivity contribution is 6.30. The smallest absolute Gasteiger partial charge is 0.328 e. The van der Waals surface area contributed by atoms with E-state index in [-0.39, 0.29) is 29.7 Å². The number of hydrogen-bond acceptors (Lipinski definition) is 5. The summed E-state index contributed by atoms with van der Waals surface area (Å²) in [6.07, 6.45) is 1.30. The maximum atomic E-state index is 13.5. The zero-order chi connectivity index (χ0) is 13.8. The quantitative estimate of drug-likeness (QED) is 0.858. The van der Waals surface area contributed by atoms with Crippen LogP contribution in [-0.2, 0) is 22.7 Å². The van der Waals surface area contributed by atoms with Crippen LogP contribution in [0.1, 0.15) is 5.56 Å². The third kappa shape index (κ3) is 3.41. The molecule has 0 atom stereocenters. The van der Waals surface area contributed by atoms with Crippen molar-refractivity contribution in [3.63, 3.8) is 0 Å². The molecule has 0 aliphatic rings. The largest absolute Gasteiger partial charge is 0.459 e. The fourth-order valence-corrected chi connectivity index (χ4v) is 1.58. The number of carbonyl (C=O) groups excluding carboxylic acids is 1. The van der Waals surface area contributed by atoms with E-state index in [2.05, 4.69) is 10.1 Å². The molecular weight excluding hydrogens is 275 g/mol. The average Bonchev–Trinajstić information content (AvgIpc) is 2.76. The van der Waals surface area contributed by atoms with Gasteiger partial charge in [0.1, 0.15) is 25.3 Å². The van der Waals surface area contributed by atoms with Crippen molar-refractivity contribution in [1.82, 2.24) is 14.8 Å². The SMILES string of the molecule is Nc1ncn(CC(=O)OCc2cccc(Cl)c2F)n1. The van der Waals surface area contributed by atoms with E-state index >= 15 is 0 Å². The van der Waals surface area contributed by atoms with Crippen molar-refractivity contribution in [3.8, 4) is 0 Å². The number of halogens is 2. The van der Waals surface area contributed by atoms with E-state index in [1.807, 2.05) is 0 Å². The fraction of sp³-hybridized carbons (Fsp3) is 0.182. The Kier molecular flexibility index (Phi) is 3.96. The number of aromatic nitrogens is 3. The lowest BCUT2D eigenvalue weighted by molar-refractivity contribution is -0.145. The summed E-state index contributed by atoms with van der Waals surface area (Å²) < 4.78 is 19.7. The molecule has 1 aromatic heterocycles. The molecule has 0 saturated heterocycles. The van der Waals surface area contributed by atoms with Crippen LogP contribution in [0.5, 0.6) is 0 Å². The summed E-state index contributed by atoms with van der Waals surface area (Å²) in [7, 11) is 0. The van der Waals surface area contributed by atoms with Gasteiger partial charge in [0, 0.05) is 5.56 Å². The number of hydrogen-bond donors (Lipinski definition) is 1. The number of nitrogens with two attached hydrogens (primary N) is 1. The predicted molar refractivity (Wildman–Crippen MR) is 65.6 cm³/mol. The van der Waals surface area contributed by atoms with Crippen LogP contribution < -0.4 is 5.73 Å². The van der Waals surface area contributed by atoms with Gasteiger partial charge in [-0.2, -0.15) is 0 Å². The Labute approximate surface area is 112 Å². The second kappa shape index (κ2) is 5.66. The predicted octanol–water partition coefficient (Wildman–Crippen LogP) is 1.40. The summed E-state index contributed by atoms with van der Waals surface area (Å²) in [5, 5.41) is 3.71. The Hall–Kier alpha value is -2.15. The zero-order valence-electron chi connectivity index (χ0n) is 9.72. The number of nitrogen functional groups attached to an aromatic ring is 1. The third-order valence-electron chi connectivity index (χ3n) is 2.27. The molecule has 100 valence electrons. The van der Waals surface area contributed by atoms with Crippen LogP contribution in [0.4, 0.5) is 10.3 Å². The van der Waals surface area contributed by atoms with Gasteiger partial charge >= 0.3 is 5.97 Å². The Morgan fingerprint density at radius 1 is 1.53 bits per heavy atom. The standard InChI is InChI=1S/C11H10ClFN4O2/c12-8-3-1-2-7(10(8)13)5-19-9(18)4-17-6-15-11(14)16-17/h1-3,6H,4-5H2,(H2,14,16). The number of anilines is 1. The van der Waals surface area contributed by atoms with Crippen LogP contribution in [0.15, 0.2) is 24.5 Å². The van der Waals surface area contributed by atoms with E-state index < -0.39 is 11.8 Å². The van der Waals surface area contributed by atoms with Crippen molar-refractivity contribution >= 4 is 23.5 Å². The number of rotatable bonds is 4. The summed E-state index contributed by atoms with van der Waals surface area (Å²) >= 11 is 5.61. The molecule has 0 aliphatic carbocycles. The van der Waals surface area contributed by atoms with Crippen LogP contribution in [0.3, 0.4) is 0 Å². The Morgan fingerprint density at radius 2 is 2.32 bits per heavy atom. The van der Waals surface area contributed by atoms with Crippen molar-refractivity contribution < 1.29 is 13.9 Å². The third-order valence-corrected chi connectivity index (χ3v) is 2.56. The summed E-state index contributed by atoms with van der Waals surface area (Å²) in [6.45, 7) is -0.345. The van der Waals surface area contributed by atoms with Gasteiger partial charge in [0.25, 0.3) is 0 Å². The fourth-order valence-electron chi connectivity index (χ4n) is 1.38. The number of nitrogens with zero attached hydrogens (tertiary/aromatic N) is 3. The van der Waals surface area contributed by atoms with Crippen LogP contribution >= 0.6 is 11.6 Å². The molecule has 0 saturated carbocycles. The van der Waals surface area contributed by atoms with Gasteiger partial charge < -0.3 is 10.5 Å². The van der Waals surface area contributed by atoms with Crippen LogP contribution in [0.2, 0.25) is 5.02 Å². The number of benzene rings is 1. The minimum atomic E-state index is -0.595. The lowest BCUT2D eigenvalue weighted by atomic mass is 10.2. The average molecular weight is 285 g/mol. The van der Waals surface area contributed by atoms with E-state index in [0.717, 1.165) is 0 Å². The molecule has 0 fully saturated rings. The molecule has 1 heterocycles. The lowest BCUT2D eigenvalue weighted by Crippen LogP contribution is -2.14. The van der Waals surface area contributed by atoms with E-state index in [9.17, 15) is 9.18 Å². The van der Waals surface area contributed by atoms with E-state index in [4.69, 9.17) is 22.1 Å². The van der Waals surface area contributed by atoms with Crippen molar-refractivity contribution in [1.29, 1.82) is 0 Å². The summed E-state index contributed by atoms with van der Waals surface area (Å²) in [5.41, 5.74) is 5.50. The molecule has 2 rings (SSSR count). The minimum Gasteiger partial charge on any atom is -0.459 e. The Balaban J connectivity index is 1.91. The summed E-state index contributed by atoms with van der Waals surface area (Å²) in [5.74, 6) is -1.11. The molecular formula is C11H10ClFN4O2. The number of carbonyl (C=O) groups is 1. The molecule has 1 aromatic carbocycles. The van der Waals surface area contributed by atoms with Crippen LogP contribution in [0.25, 0.3) is 0 Å². The first kappa shape index (κ1) is 13.3. The van der Waals surface area contributed by atoms with Gasteiger partial charge in [-0.25, -0.2) is 14.1 Å². The minimum absolute atomic E-state index is 0.0161. The lowest BCUT2D eigenvalue weighted by Gasteiger charge is -2.06. The van der Waals surface area contributed by atoms with E-state index in [1.165, 1.54) is 23.1 Å². The Morgan fingerprint density at radius 3 is 3.00 bits per heavy atom. The van der Waals surface area contributed by atoms with Gasteiger partial charge in [-0.3, -0.25) is 4.79 Å². The molecule has 19 heavy (non-hydrogen) atoms. The van der Waals surface area contributed by atoms with Gasteiger partial charge in [0.05, 0.1) is 5.02 Å². The maximum absolute atomic E-state index is 13.5. The highest BCUT2D eigenvalue weighted by Crippen LogP contribution is 2.18. The van der Waals surface area contributed by atoms with Gasteiger partial charge in [-0.1, -0.05) is 23.7 Å². The highest BCUT2D eigenvalue weighted by atomic mass is 35.5. The van der Waals surface area contributed by atoms with Crippen molar-refractivity contribution in [3.05, 3.63) is 40.9 Å². The highest BCUT2D eigenvalue weighted by Gasteiger charge is 2.10. The van der Waals surface area contributed by atoms with Crippen LogP contribution in [0, 0.1) is 5.82 Å². The van der Waals surface area contributed by atoms with Crippen molar-refractivity contribution in [2.24, 2.45) is 0 Å². The molecule has 0 radical (unpaired) electrons. The molecule has 2 aromatic rings. The Bertz CT molecular complexity index is 602. The second-order valence-corrected chi connectivity index (χ2v) is 4.08. The first-order chi connectivity index (χ1) is 9.06. The van der Waals surface area contributed by atoms with Gasteiger partial charge in [-0.15, -0.1) is 5.10 Å². The molecule has 0 unspecified atom stereocenters. The van der Waals surface area contributed by atoms with Crippen molar-refractivity contribution in [2.45, 2.75) is 13.2 Å². The van der Waals surface area contributed by atoms with Gasteiger partial charge in [0.15, 0.2) is 0 Å². The number of esters is 1. The normalized spacial score (nSPS) is 10.4. The molecule has 6 nitrogen and oxygen atoms in total. The zero-order valence-corrected chi connectivity index (χ0v) is 10.5. The summed E-state index contributed by atoms with van der Waals surface area (Å²) in [4.78, 5) is 15.1. The van der Waals surface area contributed by atoms with Gasteiger partial charge in [0.2, 0.25) is 5.95 Å². The molecule has 2 N–H and O–H groups in total. The maximum Gasteiger partial charge on any atom is 0.328 e. The molecule has 0 amide bonds. The topological polar surface area (TPSA) is 83.0 Å². The molecule has 8 heteroatoms. The number of ether oxygens (including phenoxy) is 1. The van der Waals surface area contributed by atoms with Gasteiger partial charge in [-0.05, 0) is 6.07 Å². The first-order valence-electron chi connectivity index (χ1n) is 5.29. The molecule has 0 spiro atoms. The summed E-state index contributed by atoms with van der Waals surface area (Å²) in [6, 6.07) is 4.48. The second-order valence-electron chi connectivity index (χ2n) is 3.67. The first-order valence-corrected chi connectivity index (χ1v) is 5.67. The van der Waals surface area contributed by atoms with E-state index in [0.29, 0.717) is 0 Å². The van der Waals surface area contributed by atoms with E-state index in [1.54, 1.807) is 6.07 Å². The molecule has 0 bridgehead atoms. The van der Waals surface area contributed by atoms with Crippen LogP contribution in [-0.4, -0.2) is 20.7 Å². The monoisotopic (exact) mass is 284 g/mol.